The molecule has 0 saturated heterocycles. The van der Waals surface area contributed by atoms with Crippen molar-refractivity contribution in [3.8, 4) is 0 Å². The molecule has 0 bridgehead atoms. The molecule has 1 saturated carbocycles. The van der Waals surface area contributed by atoms with Crippen molar-refractivity contribution in [2.24, 2.45) is 16.8 Å². The average Bonchev–Trinajstić information content (AvgIpc) is 2.83. The number of rotatable bonds is 6. The minimum Gasteiger partial charge on any atom is -0.409 e. The number of amidine groups is 1. The zero-order valence-electron chi connectivity index (χ0n) is 9.03. The first-order valence-corrected chi connectivity index (χ1v) is 5.39. The van der Waals surface area contributed by atoms with Gasteiger partial charge in [-0.3, -0.25) is 0 Å². The maximum absolute atomic E-state index is 8.40. The highest BCUT2D eigenvalue weighted by molar-refractivity contribution is 5.80. The second-order valence-corrected chi connectivity index (χ2v) is 4.25. The summed E-state index contributed by atoms with van der Waals surface area (Å²) in [6.45, 7) is 4.29. The molecule has 0 aromatic rings. The van der Waals surface area contributed by atoms with Gasteiger partial charge in [-0.2, -0.15) is 0 Å². The minimum atomic E-state index is 0.303. The van der Waals surface area contributed by atoms with E-state index in [9.17, 15) is 0 Å². The van der Waals surface area contributed by atoms with E-state index in [1.165, 1.54) is 19.3 Å². The fourth-order valence-electron chi connectivity index (χ4n) is 1.92. The molecule has 4 N–H and O–H groups in total. The molecule has 4 nitrogen and oxygen atoms in total. The largest absolute Gasteiger partial charge is 0.409 e. The molecule has 82 valence electrons. The second-order valence-electron chi connectivity index (χ2n) is 4.25. The molecule has 0 aromatic carbocycles. The smallest absolute Gasteiger partial charge is 0.140 e. The maximum atomic E-state index is 8.40. The SMILES string of the molecule is CCCC1CC1NC(C)CC(N)=NO. The molecule has 4 heteroatoms. The van der Waals surface area contributed by atoms with E-state index in [2.05, 4.69) is 24.3 Å². The molecular weight excluding hydrogens is 178 g/mol. The van der Waals surface area contributed by atoms with Crippen LogP contribution in [0.15, 0.2) is 5.16 Å². The van der Waals surface area contributed by atoms with Gasteiger partial charge in [0.25, 0.3) is 0 Å². The lowest BCUT2D eigenvalue weighted by atomic mass is 10.2. The predicted octanol–water partition coefficient (Wildman–Crippen LogP) is 1.29. The summed E-state index contributed by atoms with van der Waals surface area (Å²) in [5, 5.41) is 14.9. The standard InChI is InChI=1S/C10H21N3O/c1-3-4-8-6-9(8)12-7(2)5-10(11)13-14/h7-9,12,14H,3-6H2,1-2H3,(H2,11,13). The van der Waals surface area contributed by atoms with E-state index in [0.717, 1.165) is 5.92 Å². The molecule has 0 spiro atoms. The van der Waals surface area contributed by atoms with E-state index >= 15 is 0 Å². The van der Waals surface area contributed by atoms with Gasteiger partial charge in [0, 0.05) is 18.5 Å². The van der Waals surface area contributed by atoms with E-state index in [1.54, 1.807) is 0 Å². The lowest BCUT2D eigenvalue weighted by Gasteiger charge is -2.12. The van der Waals surface area contributed by atoms with Gasteiger partial charge in [0.15, 0.2) is 0 Å². The van der Waals surface area contributed by atoms with Crippen molar-refractivity contribution < 1.29 is 5.21 Å². The Labute approximate surface area is 85.6 Å². The molecule has 3 unspecified atom stereocenters. The third kappa shape index (κ3) is 3.54. The van der Waals surface area contributed by atoms with Crippen LogP contribution < -0.4 is 11.1 Å². The Morgan fingerprint density at radius 2 is 2.43 bits per heavy atom. The van der Waals surface area contributed by atoms with Gasteiger partial charge in [-0.25, -0.2) is 0 Å². The number of nitrogens with two attached hydrogens (primary N) is 1. The first-order chi connectivity index (χ1) is 6.67. The van der Waals surface area contributed by atoms with Gasteiger partial charge in [0.1, 0.15) is 5.84 Å². The highest BCUT2D eigenvalue weighted by Crippen LogP contribution is 2.34. The fourth-order valence-corrected chi connectivity index (χ4v) is 1.92. The predicted molar refractivity (Wildman–Crippen MR) is 57.4 cm³/mol. The number of hydrogen-bond acceptors (Lipinski definition) is 3. The van der Waals surface area contributed by atoms with Gasteiger partial charge >= 0.3 is 0 Å². The molecule has 1 fully saturated rings. The van der Waals surface area contributed by atoms with Gasteiger partial charge in [0.05, 0.1) is 0 Å². The molecule has 1 rings (SSSR count). The van der Waals surface area contributed by atoms with Crippen molar-refractivity contribution in [1.82, 2.24) is 5.32 Å². The lowest BCUT2D eigenvalue weighted by Crippen LogP contribution is -2.33. The zero-order chi connectivity index (χ0) is 10.6. The summed E-state index contributed by atoms with van der Waals surface area (Å²) in [7, 11) is 0. The van der Waals surface area contributed by atoms with Gasteiger partial charge in [-0.05, 0) is 25.7 Å². The van der Waals surface area contributed by atoms with Crippen LogP contribution in [0.2, 0.25) is 0 Å². The third-order valence-corrected chi connectivity index (χ3v) is 2.72. The maximum Gasteiger partial charge on any atom is 0.140 e. The average molecular weight is 199 g/mol. The quantitative estimate of drug-likeness (QED) is 0.261. The third-order valence-electron chi connectivity index (χ3n) is 2.72. The Balaban J connectivity index is 2.13. The van der Waals surface area contributed by atoms with Crippen LogP contribution in [0.3, 0.4) is 0 Å². The number of nitrogens with one attached hydrogen (secondary N) is 1. The van der Waals surface area contributed by atoms with Gasteiger partial charge in [-0.15, -0.1) is 0 Å². The fraction of sp³-hybridized carbons (Fsp3) is 0.900. The summed E-state index contributed by atoms with van der Waals surface area (Å²) >= 11 is 0. The number of oxime groups is 1. The summed E-state index contributed by atoms with van der Waals surface area (Å²) in [6, 6.07) is 0.967. The van der Waals surface area contributed by atoms with E-state index in [4.69, 9.17) is 10.9 Å². The van der Waals surface area contributed by atoms with Crippen LogP contribution >= 0.6 is 0 Å². The summed E-state index contributed by atoms with van der Waals surface area (Å²) in [5.41, 5.74) is 5.42. The lowest BCUT2D eigenvalue weighted by molar-refractivity contribution is 0.315. The van der Waals surface area contributed by atoms with Crippen molar-refractivity contribution >= 4 is 5.84 Å². The molecule has 0 aromatic heterocycles. The molecule has 0 heterocycles. The first kappa shape index (κ1) is 11.3. The highest BCUT2D eigenvalue weighted by Gasteiger charge is 2.36. The molecule has 3 atom stereocenters. The second kappa shape index (κ2) is 5.20. The van der Waals surface area contributed by atoms with E-state index in [1.807, 2.05) is 0 Å². The Kier molecular flexibility index (Phi) is 4.20. The Bertz CT molecular complexity index is 206. The summed E-state index contributed by atoms with van der Waals surface area (Å²) in [5.74, 6) is 1.16. The molecular formula is C10H21N3O. The van der Waals surface area contributed by atoms with Crippen LogP contribution in [0.4, 0.5) is 0 Å². The molecule has 14 heavy (non-hydrogen) atoms. The molecule has 0 aliphatic heterocycles. The summed E-state index contributed by atoms with van der Waals surface area (Å²) < 4.78 is 0. The molecule has 0 amide bonds. The summed E-state index contributed by atoms with van der Waals surface area (Å²) in [6.07, 6.45) is 4.48. The van der Waals surface area contributed by atoms with Crippen LogP contribution in [0.1, 0.15) is 39.5 Å². The van der Waals surface area contributed by atoms with Crippen molar-refractivity contribution in [2.75, 3.05) is 0 Å². The van der Waals surface area contributed by atoms with Crippen LogP contribution in [0.5, 0.6) is 0 Å². The zero-order valence-corrected chi connectivity index (χ0v) is 9.03. The topological polar surface area (TPSA) is 70.6 Å². The molecule has 1 aliphatic carbocycles. The Hall–Kier alpha value is -0.770. The molecule has 0 radical (unpaired) electrons. The van der Waals surface area contributed by atoms with Crippen LogP contribution in [-0.4, -0.2) is 23.1 Å². The monoisotopic (exact) mass is 199 g/mol. The summed E-state index contributed by atoms with van der Waals surface area (Å²) in [4.78, 5) is 0. The highest BCUT2D eigenvalue weighted by atomic mass is 16.4. The van der Waals surface area contributed by atoms with Gasteiger partial charge in [-0.1, -0.05) is 18.5 Å². The molecule has 1 aliphatic rings. The van der Waals surface area contributed by atoms with E-state index in [-0.39, 0.29) is 0 Å². The van der Waals surface area contributed by atoms with Crippen LogP contribution in [0, 0.1) is 5.92 Å². The number of hydrogen-bond donors (Lipinski definition) is 3. The Morgan fingerprint density at radius 3 is 3.00 bits per heavy atom. The van der Waals surface area contributed by atoms with E-state index < -0.39 is 0 Å². The first-order valence-electron chi connectivity index (χ1n) is 5.39. The van der Waals surface area contributed by atoms with Gasteiger partial charge in [0.2, 0.25) is 0 Å². The van der Waals surface area contributed by atoms with Crippen molar-refractivity contribution in [1.29, 1.82) is 0 Å². The van der Waals surface area contributed by atoms with Gasteiger partial charge < -0.3 is 16.3 Å². The van der Waals surface area contributed by atoms with Crippen LogP contribution in [0.25, 0.3) is 0 Å². The van der Waals surface area contributed by atoms with Crippen molar-refractivity contribution in [2.45, 2.75) is 51.6 Å². The number of nitrogens with zero attached hydrogens (tertiary/aromatic N) is 1. The normalized spacial score (nSPS) is 28.9. The minimum absolute atomic E-state index is 0.303. The van der Waals surface area contributed by atoms with Crippen LogP contribution in [-0.2, 0) is 0 Å². The van der Waals surface area contributed by atoms with Crippen molar-refractivity contribution in [3.05, 3.63) is 0 Å². The van der Waals surface area contributed by atoms with E-state index in [0.29, 0.717) is 24.3 Å². The Morgan fingerprint density at radius 1 is 1.71 bits per heavy atom. The van der Waals surface area contributed by atoms with Crippen molar-refractivity contribution in [3.63, 3.8) is 0 Å².